The second-order valence-corrected chi connectivity index (χ2v) is 4.32. The minimum atomic E-state index is -0.241. The molecule has 0 radical (unpaired) electrons. The first-order valence-corrected chi connectivity index (χ1v) is 5.88. The molecule has 1 amide bonds. The third-order valence-electron chi connectivity index (χ3n) is 2.54. The number of rotatable bonds is 3. The fraction of sp³-hybridized carbons (Fsp3) is 0.0769. The van der Waals surface area contributed by atoms with Crippen molar-refractivity contribution in [3.63, 3.8) is 0 Å². The fourth-order valence-corrected chi connectivity index (χ4v) is 1.75. The Bertz CT molecular complexity index is 657. The van der Waals surface area contributed by atoms with Crippen molar-refractivity contribution in [2.75, 3.05) is 11.1 Å². The van der Waals surface area contributed by atoms with Crippen molar-refractivity contribution in [3.8, 4) is 6.07 Å². The molecule has 6 heteroatoms. The fourth-order valence-electron chi connectivity index (χ4n) is 1.63. The van der Waals surface area contributed by atoms with Crippen LogP contribution in [0.4, 0.5) is 11.4 Å². The van der Waals surface area contributed by atoms with E-state index in [9.17, 15) is 4.79 Å². The maximum Gasteiger partial charge on any atom is 0.244 e. The van der Waals surface area contributed by atoms with Gasteiger partial charge in [0.2, 0.25) is 5.91 Å². The summed E-state index contributed by atoms with van der Waals surface area (Å²) < 4.78 is 1.56. The van der Waals surface area contributed by atoms with Gasteiger partial charge < -0.3 is 15.6 Å². The molecule has 1 aromatic heterocycles. The molecule has 19 heavy (non-hydrogen) atoms. The van der Waals surface area contributed by atoms with Crippen LogP contribution >= 0.6 is 11.6 Å². The molecule has 1 aromatic carbocycles. The monoisotopic (exact) mass is 274 g/mol. The molecule has 0 saturated heterocycles. The molecule has 0 bridgehead atoms. The SMILES string of the molecule is N#Cc1cccn1CC(=O)Nc1ccc(Cl)c(N)c1. The summed E-state index contributed by atoms with van der Waals surface area (Å²) in [6, 6.07) is 10.2. The number of nitrogens with zero attached hydrogens (tertiary/aromatic N) is 2. The highest BCUT2D eigenvalue weighted by Crippen LogP contribution is 2.22. The van der Waals surface area contributed by atoms with Crippen molar-refractivity contribution < 1.29 is 4.79 Å². The predicted molar refractivity (Wildman–Crippen MR) is 73.6 cm³/mol. The second-order valence-electron chi connectivity index (χ2n) is 3.92. The van der Waals surface area contributed by atoms with E-state index < -0.39 is 0 Å². The van der Waals surface area contributed by atoms with Crippen molar-refractivity contribution in [1.29, 1.82) is 5.26 Å². The lowest BCUT2D eigenvalue weighted by atomic mass is 10.3. The summed E-state index contributed by atoms with van der Waals surface area (Å²) in [5.74, 6) is -0.241. The van der Waals surface area contributed by atoms with Crippen molar-refractivity contribution in [3.05, 3.63) is 47.2 Å². The highest BCUT2D eigenvalue weighted by Gasteiger charge is 2.07. The van der Waals surface area contributed by atoms with Crippen LogP contribution in [0.1, 0.15) is 5.69 Å². The quantitative estimate of drug-likeness (QED) is 0.842. The summed E-state index contributed by atoms with van der Waals surface area (Å²) in [6.45, 7) is 0.0679. The zero-order chi connectivity index (χ0) is 13.8. The highest BCUT2D eigenvalue weighted by molar-refractivity contribution is 6.33. The van der Waals surface area contributed by atoms with Crippen molar-refractivity contribution in [2.45, 2.75) is 6.54 Å². The van der Waals surface area contributed by atoms with Gasteiger partial charge in [-0.1, -0.05) is 11.6 Å². The number of nitrogens with two attached hydrogens (primary N) is 1. The van der Waals surface area contributed by atoms with Gasteiger partial charge in [0.25, 0.3) is 0 Å². The van der Waals surface area contributed by atoms with E-state index in [0.717, 1.165) is 0 Å². The van der Waals surface area contributed by atoms with E-state index in [1.807, 2.05) is 6.07 Å². The van der Waals surface area contributed by atoms with E-state index >= 15 is 0 Å². The minimum absolute atomic E-state index is 0.0679. The van der Waals surface area contributed by atoms with E-state index in [2.05, 4.69) is 5.32 Å². The number of nitriles is 1. The molecular weight excluding hydrogens is 264 g/mol. The first-order valence-electron chi connectivity index (χ1n) is 5.50. The van der Waals surface area contributed by atoms with Crippen molar-refractivity contribution >= 4 is 28.9 Å². The summed E-state index contributed by atoms with van der Waals surface area (Å²) >= 11 is 5.79. The Hall–Kier alpha value is -2.45. The average molecular weight is 275 g/mol. The van der Waals surface area contributed by atoms with Gasteiger partial charge in [-0.2, -0.15) is 5.26 Å². The third-order valence-corrected chi connectivity index (χ3v) is 2.88. The molecule has 0 aliphatic rings. The number of aromatic nitrogens is 1. The number of hydrogen-bond donors (Lipinski definition) is 2. The smallest absolute Gasteiger partial charge is 0.244 e. The van der Waals surface area contributed by atoms with Crippen LogP contribution in [0.5, 0.6) is 0 Å². The number of carbonyl (C=O) groups excluding carboxylic acids is 1. The zero-order valence-electron chi connectivity index (χ0n) is 9.93. The zero-order valence-corrected chi connectivity index (χ0v) is 10.7. The van der Waals surface area contributed by atoms with Crippen LogP contribution in [0.15, 0.2) is 36.5 Å². The van der Waals surface area contributed by atoms with Crippen LogP contribution in [0.3, 0.4) is 0 Å². The molecule has 0 saturated carbocycles. The number of carbonyl (C=O) groups is 1. The molecule has 2 aromatic rings. The van der Waals surface area contributed by atoms with Crippen LogP contribution in [-0.2, 0) is 11.3 Å². The predicted octanol–water partition coefficient (Wildman–Crippen LogP) is 2.23. The van der Waals surface area contributed by atoms with E-state index in [0.29, 0.717) is 22.1 Å². The highest BCUT2D eigenvalue weighted by atomic mass is 35.5. The molecule has 96 valence electrons. The maximum absolute atomic E-state index is 11.8. The summed E-state index contributed by atoms with van der Waals surface area (Å²) in [6.07, 6.45) is 1.67. The topological polar surface area (TPSA) is 83.8 Å². The Morgan fingerprint density at radius 1 is 1.47 bits per heavy atom. The van der Waals surface area contributed by atoms with Crippen LogP contribution in [0, 0.1) is 11.3 Å². The number of nitrogens with one attached hydrogen (secondary N) is 1. The summed E-state index contributed by atoms with van der Waals surface area (Å²) in [5.41, 5.74) is 7.05. The average Bonchev–Trinajstić information content (AvgIpc) is 2.81. The molecular formula is C13H11ClN4O. The molecule has 0 fully saturated rings. The Labute approximate surface area is 115 Å². The number of halogens is 1. The van der Waals surface area contributed by atoms with Gasteiger partial charge >= 0.3 is 0 Å². The van der Waals surface area contributed by atoms with Gasteiger partial charge in [0.05, 0.1) is 10.7 Å². The molecule has 3 N–H and O–H groups in total. The molecule has 1 heterocycles. The molecule has 0 spiro atoms. The molecule has 5 nitrogen and oxygen atoms in total. The number of benzene rings is 1. The van der Waals surface area contributed by atoms with Crippen LogP contribution in [0.2, 0.25) is 5.02 Å². The first kappa shape index (κ1) is 13.0. The van der Waals surface area contributed by atoms with E-state index in [4.69, 9.17) is 22.6 Å². The Morgan fingerprint density at radius 3 is 2.95 bits per heavy atom. The first-order chi connectivity index (χ1) is 9.10. The number of hydrogen-bond acceptors (Lipinski definition) is 3. The molecule has 2 rings (SSSR count). The van der Waals surface area contributed by atoms with E-state index in [-0.39, 0.29) is 12.5 Å². The van der Waals surface area contributed by atoms with Gasteiger partial charge in [-0.3, -0.25) is 4.79 Å². The number of anilines is 2. The summed E-state index contributed by atoms with van der Waals surface area (Å²) in [5, 5.41) is 12.0. The van der Waals surface area contributed by atoms with Gasteiger partial charge in [0.1, 0.15) is 18.3 Å². The Kier molecular flexibility index (Phi) is 3.74. The van der Waals surface area contributed by atoms with E-state index in [1.54, 1.807) is 41.1 Å². The number of amides is 1. The molecule has 0 aliphatic heterocycles. The van der Waals surface area contributed by atoms with Crippen molar-refractivity contribution in [2.24, 2.45) is 0 Å². The van der Waals surface area contributed by atoms with Gasteiger partial charge in [-0.05, 0) is 30.3 Å². The third kappa shape index (κ3) is 3.06. The standard InChI is InChI=1S/C13H11ClN4O/c14-11-4-3-9(6-12(11)16)17-13(19)8-18-5-1-2-10(18)7-15/h1-6H,8,16H2,(H,17,19). The van der Waals surface area contributed by atoms with Gasteiger partial charge in [-0.15, -0.1) is 0 Å². The molecule has 0 aliphatic carbocycles. The maximum atomic E-state index is 11.8. The van der Waals surface area contributed by atoms with Gasteiger partial charge in [-0.25, -0.2) is 0 Å². The lowest BCUT2D eigenvalue weighted by Crippen LogP contribution is -2.19. The lowest BCUT2D eigenvalue weighted by molar-refractivity contribution is -0.116. The lowest BCUT2D eigenvalue weighted by Gasteiger charge is -2.08. The van der Waals surface area contributed by atoms with Crippen molar-refractivity contribution in [1.82, 2.24) is 4.57 Å². The largest absolute Gasteiger partial charge is 0.397 e. The molecule has 0 unspecified atom stereocenters. The summed E-state index contributed by atoms with van der Waals surface area (Å²) in [4.78, 5) is 11.8. The van der Waals surface area contributed by atoms with Crippen LogP contribution in [0.25, 0.3) is 0 Å². The van der Waals surface area contributed by atoms with Crippen LogP contribution in [-0.4, -0.2) is 10.5 Å². The Morgan fingerprint density at radius 2 is 2.26 bits per heavy atom. The van der Waals surface area contributed by atoms with Crippen LogP contribution < -0.4 is 11.1 Å². The normalized spacial score (nSPS) is 9.89. The molecule has 0 atom stereocenters. The summed E-state index contributed by atoms with van der Waals surface area (Å²) in [7, 11) is 0. The van der Waals surface area contributed by atoms with Gasteiger partial charge in [0, 0.05) is 11.9 Å². The van der Waals surface area contributed by atoms with Gasteiger partial charge in [0.15, 0.2) is 0 Å². The number of nitrogen functional groups attached to an aromatic ring is 1. The Balaban J connectivity index is 2.06. The van der Waals surface area contributed by atoms with E-state index in [1.165, 1.54) is 0 Å². The second kappa shape index (κ2) is 5.46. The minimum Gasteiger partial charge on any atom is -0.397 e.